The molecule has 0 saturated heterocycles. The molecule has 0 aromatic carbocycles. The molecule has 10 heteroatoms. The lowest BCUT2D eigenvalue weighted by Gasteiger charge is -2.28. The van der Waals surface area contributed by atoms with E-state index in [1.165, 1.54) is 6.92 Å². The van der Waals surface area contributed by atoms with E-state index in [-0.39, 0.29) is 12.4 Å². The summed E-state index contributed by atoms with van der Waals surface area (Å²) in [6.45, 7) is 3.56. The first kappa shape index (κ1) is 22.3. The van der Waals surface area contributed by atoms with E-state index in [2.05, 4.69) is 0 Å². The SMILES string of the molecule is CCCCOC(=O)C(C)SCCCC(F)(F)C(F)(F)C(F)(F)F. The number of unbranched alkanes of at least 4 members (excludes halogenated alkanes) is 1. The second-order valence-electron chi connectivity index (χ2n) is 4.91. The maximum Gasteiger partial charge on any atom is 0.459 e. The predicted molar refractivity (Wildman–Crippen MR) is 73.0 cm³/mol. The number of esters is 1. The zero-order chi connectivity index (χ0) is 18.3. The fourth-order valence-electron chi connectivity index (χ4n) is 1.42. The summed E-state index contributed by atoms with van der Waals surface area (Å²) in [5.41, 5.74) is 0. The van der Waals surface area contributed by atoms with E-state index in [0.717, 1.165) is 18.2 Å². The van der Waals surface area contributed by atoms with Gasteiger partial charge in [-0.05, 0) is 25.5 Å². The van der Waals surface area contributed by atoms with Crippen LogP contribution in [0.5, 0.6) is 0 Å². The first-order valence-electron chi connectivity index (χ1n) is 6.97. The Kier molecular flexibility index (Phi) is 8.72. The van der Waals surface area contributed by atoms with Crippen LogP contribution >= 0.6 is 11.8 Å². The van der Waals surface area contributed by atoms with Crippen LogP contribution in [0.2, 0.25) is 0 Å². The third kappa shape index (κ3) is 6.76. The van der Waals surface area contributed by atoms with Crippen molar-refractivity contribution in [3.05, 3.63) is 0 Å². The van der Waals surface area contributed by atoms with Gasteiger partial charge in [0.15, 0.2) is 0 Å². The molecule has 0 aliphatic heterocycles. The quantitative estimate of drug-likeness (QED) is 0.304. The number of hydrogen-bond acceptors (Lipinski definition) is 3. The summed E-state index contributed by atoms with van der Waals surface area (Å²) < 4.78 is 91.9. The minimum Gasteiger partial charge on any atom is -0.465 e. The highest BCUT2D eigenvalue weighted by molar-refractivity contribution is 8.00. The second-order valence-corrected chi connectivity index (χ2v) is 6.36. The van der Waals surface area contributed by atoms with Crippen molar-refractivity contribution in [1.29, 1.82) is 0 Å². The Morgan fingerprint density at radius 1 is 1.09 bits per heavy atom. The Morgan fingerprint density at radius 2 is 1.65 bits per heavy atom. The molecule has 0 fully saturated rings. The first-order valence-corrected chi connectivity index (χ1v) is 8.02. The molecule has 0 spiro atoms. The molecule has 0 bridgehead atoms. The maximum absolute atomic E-state index is 13.0. The standard InChI is InChI=1S/C13H19F7O2S/c1-3-4-7-22-10(21)9(2)23-8-5-6-11(14,15)12(16,17)13(18,19)20/h9H,3-8H2,1-2H3. The summed E-state index contributed by atoms with van der Waals surface area (Å²) in [6.07, 6.45) is -7.03. The van der Waals surface area contributed by atoms with Gasteiger partial charge in [0.1, 0.15) is 0 Å². The van der Waals surface area contributed by atoms with Crippen LogP contribution in [0, 0.1) is 0 Å². The molecule has 138 valence electrons. The van der Waals surface area contributed by atoms with E-state index in [0.29, 0.717) is 6.42 Å². The minimum absolute atomic E-state index is 0.159. The lowest BCUT2D eigenvalue weighted by atomic mass is 10.1. The minimum atomic E-state index is -6.31. The summed E-state index contributed by atoms with van der Waals surface area (Å²) in [6, 6.07) is 0. The zero-order valence-corrected chi connectivity index (χ0v) is 13.5. The highest BCUT2D eigenvalue weighted by Crippen LogP contribution is 2.48. The molecule has 2 nitrogen and oxygen atoms in total. The number of carbonyl (C=O) groups excluding carboxylic acids is 1. The van der Waals surface area contributed by atoms with Crippen molar-refractivity contribution in [2.24, 2.45) is 0 Å². The summed E-state index contributed by atoms with van der Waals surface area (Å²) in [4.78, 5) is 11.4. The van der Waals surface area contributed by atoms with Gasteiger partial charge < -0.3 is 4.74 Å². The molecule has 0 rings (SSSR count). The van der Waals surface area contributed by atoms with Gasteiger partial charge in [0.25, 0.3) is 0 Å². The molecule has 0 aromatic heterocycles. The van der Waals surface area contributed by atoms with Gasteiger partial charge in [-0.2, -0.15) is 30.7 Å². The fourth-order valence-corrected chi connectivity index (χ4v) is 2.29. The van der Waals surface area contributed by atoms with Gasteiger partial charge in [-0.15, -0.1) is 11.8 Å². The average molecular weight is 372 g/mol. The summed E-state index contributed by atoms with van der Waals surface area (Å²) in [5, 5.41) is -0.705. The highest BCUT2D eigenvalue weighted by Gasteiger charge is 2.72. The molecule has 0 N–H and O–H groups in total. The van der Waals surface area contributed by atoms with Crippen molar-refractivity contribution >= 4 is 17.7 Å². The lowest BCUT2D eigenvalue weighted by molar-refractivity contribution is -0.355. The molecule has 0 heterocycles. The molecular formula is C13H19F7O2S. The van der Waals surface area contributed by atoms with Gasteiger partial charge in [0, 0.05) is 6.42 Å². The lowest BCUT2D eigenvalue weighted by Crippen LogP contribution is -2.51. The van der Waals surface area contributed by atoms with E-state index in [4.69, 9.17) is 4.74 Å². The van der Waals surface area contributed by atoms with Gasteiger partial charge in [-0.25, -0.2) is 0 Å². The number of rotatable bonds is 10. The highest BCUT2D eigenvalue weighted by atomic mass is 32.2. The van der Waals surface area contributed by atoms with Crippen LogP contribution in [0.15, 0.2) is 0 Å². The normalized spacial score (nSPS) is 14.7. The Morgan fingerprint density at radius 3 is 2.13 bits per heavy atom. The van der Waals surface area contributed by atoms with Crippen molar-refractivity contribution in [2.75, 3.05) is 12.4 Å². The van der Waals surface area contributed by atoms with Crippen molar-refractivity contribution in [3.8, 4) is 0 Å². The molecule has 0 amide bonds. The average Bonchev–Trinajstić information content (AvgIpc) is 2.42. The molecule has 1 atom stereocenters. The van der Waals surface area contributed by atoms with Gasteiger partial charge >= 0.3 is 24.0 Å². The van der Waals surface area contributed by atoms with Crippen LogP contribution in [0.4, 0.5) is 30.7 Å². The number of halogens is 7. The van der Waals surface area contributed by atoms with Crippen molar-refractivity contribution in [2.45, 2.75) is 62.8 Å². The first-order chi connectivity index (χ1) is 10.4. The Bertz CT molecular complexity index is 372. The topological polar surface area (TPSA) is 26.3 Å². The van der Waals surface area contributed by atoms with E-state index in [1.54, 1.807) is 0 Å². The number of hydrogen-bond donors (Lipinski definition) is 0. The predicted octanol–water partition coefficient (Wildman–Crippen LogP) is 5.06. The number of thioether (sulfide) groups is 1. The number of carbonyl (C=O) groups is 1. The van der Waals surface area contributed by atoms with E-state index >= 15 is 0 Å². The fraction of sp³-hybridized carbons (Fsp3) is 0.923. The van der Waals surface area contributed by atoms with Gasteiger partial charge in [-0.3, -0.25) is 4.79 Å². The van der Waals surface area contributed by atoms with Crippen LogP contribution in [-0.2, 0) is 9.53 Å². The van der Waals surface area contributed by atoms with Crippen LogP contribution in [0.3, 0.4) is 0 Å². The largest absolute Gasteiger partial charge is 0.465 e. The van der Waals surface area contributed by atoms with Gasteiger partial charge in [0.05, 0.1) is 11.9 Å². The van der Waals surface area contributed by atoms with Crippen molar-refractivity contribution in [3.63, 3.8) is 0 Å². The molecule has 1 unspecified atom stereocenters. The van der Waals surface area contributed by atoms with E-state index in [9.17, 15) is 35.5 Å². The Labute approximate surface area is 134 Å². The summed E-state index contributed by atoms with van der Waals surface area (Å²) in [7, 11) is 0. The van der Waals surface area contributed by atoms with Crippen LogP contribution in [0.25, 0.3) is 0 Å². The smallest absolute Gasteiger partial charge is 0.459 e. The van der Waals surface area contributed by atoms with Crippen LogP contribution < -0.4 is 0 Å². The Hall–Kier alpha value is -0.670. The van der Waals surface area contributed by atoms with E-state index < -0.39 is 42.1 Å². The van der Waals surface area contributed by atoms with Crippen molar-refractivity contribution < 1.29 is 40.3 Å². The molecule has 0 aromatic rings. The summed E-state index contributed by atoms with van der Waals surface area (Å²) in [5.74, 6) is -12.0. The van der Waals surface area contributed by atoms with Gasteiger partial charge in [0.2, 0.25) is 0 Å². The molecule has 0 aliphatic rings. The number of alkyl halides is 7. The Balaban J connectivity index is 4.23. The number of ether oxygens (including phenoxy) is 1. The maximum atomic E-state index is 13.0. The molecule has 0 aliphatic carbocycles. The summed E-state index contributed by atoms with van der Waals surface area (Å²) >= 11 is 0.867. The van der Waals surface area contributed by atoms with Crippen molar-refractivity contribution in [1.82, 2.24) is 0 Å². The third-order valence-corrected chi connectivity index (χ3v) is 4.11. The van der Waals surface area contributed by atoms with E-state index in [1.807, 2.05) is 6.92 Å². The monoisotopic (exact) mass is 372 g/mol. The van der Waals surface area contributed by atoms with Crippen LogP contribution in [-0.4, -0.2) is 41.6 Å². The van der Waals surface area contributed by atoms with Gasteiger partial charge in [-0.1, -0.05) is 13.3 Å². The molecule has 0 saturated carbocycles. The molecule has 0 radical (unpaired) electrons. The second kappa shape index (κ2) is 8.98. The van der Waals surface area contributed by atoms with Crippen LogP contribution in [0.1, 0.15) is 39.5 Å². The third-order valence-electron chi connectivity index (χ3n) is 2.89. The zero-order valence-electron chi connectivity index (χ0n) is 12.7. The molecular weight excluding hydrogens is 353 g/mol. The molecule has 23 heavy (non-hydrogen) atoms.